The van der Waals surface area contributed by atoms with Crippen molar-refractivity contribution >= 4 is 11.9 Å². The highest BCUT2D eigenvalue weighted by Crippen LogP contribution is 2.43. The molecule has 21 heavy (non-hydrogen) atoms. The van der Waals surface area contributed by atoms with Crippen LogP contribution in [0.4, 0.5) is 4.79 Å². The van der Waals surface area contributed by atoms with Gasteiger partial charge in [0.15, 0.2) is 0 Å². The Balaban J connectivity index is 2.67. The van der Waals surface area contributed by atoms with Crippen molar-refractivity contribution < 1.29 is 19.4 Å². The highest BCUT2D eigenvalue weighted by molar-refractivity contribution is 5.86. The van der Waals surface area contributed by atoms with Crippen molar-refractivity contribution in [3.05, 3.63) is 0 Å². The van der Waals surface area contributed by atoms with Crippen molar-refractivity contribution in [1.29, 1.82) is 0 Å². The Morgan fingerprint density at radius 3 is 2.52 bits per heavy atom. The molecule has 0 aromatic heterocycles. The molecular weight excluding hydrogens is 270 g/mol. The van der Waals surface area contributed by atoms with Gasteiger partial charge in [-0.1, -0.05) is 6.92 Å². The zero-order valence-corrected chi connectivity index (χ0v) is 13.9. The summed E-state index contributed by atoms with van der Waals surface area (Å²) >= 11 is 0. The van der Waals surface area contributed by atoms with Crippen LogP contribution in [0, 0.1) is 5.41 Å². The molecule has 0 radical (unpaired) electrons. The maximum absolute atomic E-state index is 12.4. The molecule has 5 heteroatoms. The van der Waals surface area contributed by atoms with Crippen molar-refractivity contribution in [2.45, 2.75) is 84.5 Å². The fourth-order valence-electron chi connectivity index (χ4n) is 3.01. The Morgan fingerprint density at radius 1 is 1.43 bits per heavy atom. The van der Waals surface area contributed by atoms with E-state index in [1.54, 1.807) is 6.92 Å². The molecule has 1 rings (SSSR count). The zero-order chi connectivity index (χ0) is 16.3. The zero-order valence-electron chi connectivity index (χ0n) is 13.9. The highest BCUT2D eigenvalue weighted by atomic mass is 16.6. The number of hydrogen-bond donors (Lipinski definition) is 2. The molecule has 2 N–H and O–H groups in total. The number of aliphatic hydroxyl groups excluding tert-OH is 1. The van der Waals surface area contributed by atoms with E-state index in [2.05, 4.69) is 5.32 Å². The molecule has 0 spiro atoms. The van der Waals surface area contributed by atoms with Crippen LogP contribution in [0.2, 0.25) is 0 Å². The Bertz CT molecular complexity index is 386. The molecule has 1 fully saturated rings. The van der Waals surface area contributed by atoms with Crippen molar-refractivity contribution in [3.63, 3.8) is 0 Å². The van der Waals surface area contributed by atoms with Gasteiger partial charge < -0.3 is 15.2 Å². The number of alkyl carbamates (subject to hydrolysis) is 1. The second-order valence-electron chi connectivity index (χ2n) is 7.09. The largest absolute Gasteiger partial charge is 0.444 e. The fourth-order valence-corrected chi connectivity index (χ4v) is 3.01. The normalized spacial score (nSPS) is 27.2. The molecule has 1 unspecified atom stereocenters. The van der Waals surface area contributed by atoms with E-state index in [1.807, 2.05) is 27.7 Å². The Morgan fingerprint density at radius 2 is 2.05 bits per heavy atom. The van der Waals surface area contributed by atoms with Crippen LogP contribution in [0.5, 0.6) is 0 Å². The van der Waals surface area contributed by atoms with E-state index < -0.39 is 23.2 Å². The van der Waals surface area contributed by atoms with Gasteiger partial charge in [-0.3, -0.25) is 4.79 Å². The third-order valence-electron chi connectivity index (χ3n) is 4.10. The van der Waals surface area contributed by atoms with Gasteiger partial charge >= 0.3 is 6.09 Å². The summed E-state index contributed by atoms with van der Waals surface area (Å²) in [4.78, 5) is 24.2. The molecule has 5 nitrogen and oxygen atoms in total. The number of carbonyl (C=O) groups is 2. The van der Waals surface area contributed by atoms with E-state index in [1.165, 1.54) is 0 Å². The molecule has 1 aliphatic rings. The summed E-state index contributed by atoms with van der Waals surface area (Å²) in [5, 5.41) is 12.9. The summed E-state index contributed by atoms with van der Waals surface area (Å²) in [6.45, 7) is 9.06. The molecule has 0 heterocycles. The lowest BCUT2D eigenvalue weighted by atomic mass is 9.75. The molecule has 0 aromatic rings. The first-order valence-electron chi connectivity index (χ1n) is 7.81. The van der Waals surface area contributed by atoms with E-state index in [0.717, 1.165) is 6.42 Å². The fraction of sp³-hybridized carbons (Fsp3) is 0.875. The molecular formula is C16H29NO4. The number of ether oxygens (including phenoxy) is 1. The summed E-state index contributed by atoms with van der Waals surface area (Å²) < 4.78 is 5.24. The predicted molar refractivity (Wildman–Crippen MR) is 81.0 cm³/mol. The van der Waals surface area contributed by atoms with Crippen LogP contribution in [-0.2, 0) is 9.53 Å². The molecule has 1 amide bonds. The minimum atomic E-state index is -0.713. The third-order valence-corrected chi connectivity index (χ3v) is 4.10. The van der Waals surface area contributed by atoms with Gasteiger partial charge in [-0.15, -0.1) is 0 Å². The Hall–Kier alpha value is -1.10. The molecule has 122 valence electrons. The summed E-state index contributed by atoms with van der Waals surface area (Å²) in [6.07, 6.45) is 1.90. The first kappa shape index (κ1) is 18.0. The van der Waals surface area contributed by atoms with Gasteiger partial charge in [-0.2, -0.15) is 0 Å². The molecule has 0 aromatic carbocycles. The topological polar surface area (TPSA) is 75.6 Å². The van der Waals surface area contributed by atoms with Crippen LogP contribution in [0.25, 0.3) is 0 Å². The summed E-state index contributed by atoms with van der Waals surface area (Å²) in [5.41, 5.74) is -1.25. The van der Waals surface area contributed by atoms with Crippen LogP contribution in [-0.4, -0.2) is 34.7 Å². The average Bonchev–Trinajstić information content (AvgIpc) is 2.71. The lowest BCUT2D eigenvalue weighted by molar-refractivity contribution is -0.134. The summed E-state index contributed by atoms with van der Waals surface area (Å²) in [6, 6.07) is -0.116. The maximum Gasteiger partial charge on any atom is 0.407 e. The van der Waals surface area contributed by atoms with Crippen LogP contribution < -0.4 is 5.32 Å². The van der Waals surface area contributed by atoms with Crippen molar-refractivity contribution in [3.8, 4) is 0 Å². The van der Waals surface area contributed by atoms with Crippen LogP contribution >= 0.6 is 0 Å². The number of amides is 1. The minimum Gasteiger partial charge on any atom is -0.444 e. The van der Waals surface area contributed by atoms with Crippen molar-refractivity contribution in [1.82, 2.24) is 5.32 Å². The van der Waals surface area contributed by atoms with Crippen molar-refractivity contribution in [2.75, 3.05) is 0 Å². The predicted octanol–water partition coefficient (Wildman–Crippen LogP) is 2.80. The number of carbonyl (C=O) groups excluding carboxylic acids is 2. The van der Waals surface area contributed by atoms with Crippen LogP contribution in [0.15, 0.2) is 0 Å². The highest BCUT2D eigenvalue weighted by Gasteiger charge is 2.48. The molecule has 0 bridgehead atoms. The standard InChI is InChI=1S/C16H29NO4/c1-6-7-13(19)16(11(2)18)9-8-12(10-16)17-14(20)21-15(3,4)5/h11-12,18H,6-10H2,1-5H3,(H,17,20)/t11?,12-,16+/m1/s1. The van der Waals surface area contributed by atoms with Crippen molar-refractivity contribution in [2.24, 2.45) is 5.41 Å². The number of Topliss-reactive ketones (excluding diaryl/α,β-unsaturated/α-hetero) is 1. The molecule has 1 aliphatic carbocycles. The Labute approximate surface area is 127 Å². The molecule has 3 atom stereocenters. The molecule has 0 aliphatic heterocycles. The Kier molecular flexibility index (Phi) is 5.79. The first-order chi connectivity index (χ1) is 9.60. The van der Waals surface area contributed by atoms with Gasteiger partial charge in [0.25, 0.3) is 0 Å². The van der Waals surface area contributed by atoms with Gasteiger partial charge in [0.2, 0.25) is 0 Å². The van der Waals surface area contributed by atoms with Gasteiger partial charge in [0.05, 0.1) is 11.5 Å². The van der Waals surface area contributed by atoms with Gasteiger partial charge in [-0.25, -0.2) is 4.79 Å². The second-order valence-corrected chi connectivity index (χ2v) is 7.09. The number of aliphatic hydroxyl groups is 1. The van der Waals surface area contributed by atoms with Crippen LogP contribution in [0.1, 0.15) is 66.7 Å². The van der Waals surface area contributed by atoms with E-state index in [-0.39, 0.29) is 11.8 Å². The quantitative estimate of drug-likeness (QED) is 0.818. The van der Waals surface area contributed by atoms with E-state index in [9.17, 15) is 14.7 Å². The second kappa shape index (κ2) is 6.77. The lowest BCUT2D eigenvalue weighted by Gasteiger charge is -2.31. The minimum absolute atomic E-state index is 0.105. The SMILES string of the molecule is CCCC(=O)[C@@]1(C(C)O)CC[C@@H](NC(=O)OC(C)(C)C)C1. The number of ketones is 1. The van der Waals surface area contributed by atoms with E-state index >= 15 is 0 Å². The third kappa shape index (κ3) is 4.70. The monoisotopic (exact) mass is 299 g/mol. The number of nitrogens with one attached hydrogen (secondary N) is 1. The number of rotatable bonds is 5. The van der Waals surface area contributed by atoms with E-state index in [0.29, 0.717) is 25.7 Å². The van der Waals surface area contributed by atoms with Crippen LogP contribution in [0.3, 0.4) is 0 Å². The number of hydrogen-bond acceptors (Lipinski definition) is 4. The summed E-state index contributed by atoms with van der Waals surface area (Å²) in [7, 11) is 0. The molecule has 1 saturated carbocycles. The van der Waals surface area contributed by atoms with E-state index in [4.69, 9.17) is 4.74 Å². The maximum atomic E-state index is 12.4. The summed E-state index contributed by atoms with van der Waals surface area (Å²) in [5.74, 6) is 0.105. The molecule has 0 saturated heterocycles. The van der Waals surface area contributed by atoms with Gasteiger partial charge in [0, 0.05) is 12.5 Å². The lowest BCUT2D eigenvalue weighted by Crippen LogP contribution is -2.42. The van der Waals surface area contributed by atoms with Gasteiger partial charge in [0.1, 0.15) is 11.4 Å². The average molecular weight is 299 g/mol. The van der Waals surface area contributed by atoms with Gasteiger partial charge in [-0.05, 0) is 53.4 Å². The smallest absolute Gasteiger partial charge is 0.407 e. The first-order valence-corrected chi connectivity index (χ1v) is 7.81.